The molecule has 0 aliphatic carbocycles. The van der Waals surface area contributed by atoms with Crippen molar-refractivity contribution in [3.05, 3.63) is 94.7 Å². The van der Waals surface area contributed by atoms with E-state index in [2.05, 4.69) is 38.6 Å². The molecule has 3 heterocycles. The lowest BCUT2D eigenvalue weighted by Gasteiger charge is -2.18. The van der Waals surface area contributed by atoms with E-state index in [4.69, 9.17) is 4.98 Å². The Morgan fingerprint density at radius 3 is 2.66 bits per heavy atom. The fourth-order valence-corrected chi connectivity index (χ4v) is 4.46. The molecule has 1 atom stereocenters. The number of amides is 1. The van der Waals surface area contributed by atoms with Crippen molar-refractivity contribution in [2.75, 3.05) is 0 Å². The number of hydrogen-bond acceptors (Lipinski definition) is 5. The molecule has 3 aromatic heterocycles. The average molecular weight is 464 g/mol. The molecule has 2 N–H and O–H groups in total. The number of hydrogen-bond donors (Lipinski definition) is 2. The zero-order chi connectivity index (χ0) is 24.4. The molecule has 8 nitrogen and oxygen atoms in total. The molecular formula is C27H25N7O. The molecule has 0 spiro atoms. The minimum Gasteiger partial charge on any atom is -0.346 e. The summed E-state index contributed by atoms with van der Waals surface area (Å²) < 4.78 is 1.67. The number of nitrogens with one attached hydrogen (secondary N) is 2. The van der Waals surface area contributed by atoms with E-state index in [-0.39, 0.29) is 11.9 Å². The summed E-state index contributed by atoms with van der Waals surface area (Å²) in [4.78, 5) is 25.8. The van der Waals surface area contributed by atoms with E-state index >= 15 is 0 Å². The molecule has 1 amide bonds. The number of aromatic amines is 1. The third kappa shape index (κ3) is 4.49. The van der Waals surface area contributed by atoms with Crippen LogP contribution in [-0.4, -0.2) is 30.5 Å². The maximum Gasteiger partial charge on any atom is 0.220 e. The van der Waals surface area contributed by atoms with Crippen LogP contribution in [0.1, 0.15) is 46.4 Å². The smallest absolute Gasteiger partial charge is 0.220 e. The van der Waals surface area contributed by atoms with E-state index in [1.54, 1.807) is 4.52 Å². The molecule has 0 unspecified atom stereocenters. The Balaban J connectivity index is 1.36. The normalized spacial score (nSPS) is 12.0. The first kappa shape index (κ1) is 22.3. The highest BCUT2D eigenvalue weighted by Gasteiger charge is 2.20. The van der Waals surface area contributed by atoms with Gasteiger partial charge in [-0.05, 0) is 49.9 Å². The monoisotopic (exact) mass is 463 g/mol. The predicted molar refractivity (Wildman–Crippen MR) is 133 cm³/mol. The fourth-order valence-electron chi connectivity index (χ4n) is 4.46. The lowest BCUT2D eigenvalue weighted by molar-refractivity contribution is -0.121. The van der Waals surface area contributed by atoms with Gasteiger partial charge in [-0.2, -0.15) is 10.4 Å². The number of para-hydroxylation sites is 2. The number of carbonyl (C=O) groups excluding carboxylic acids is 1. The molecule has 2 aromatic carbocycles. The van der Waals surface area contributed by atoms with E-state index in [9.17, 15) is 10.1 Å². The van der Waals surface area contributed by atoms with Crippen LogP contribution in [0.3, 0.4) is 0 Å². The predicted octanol–water partition coefficient (Wildman–Crippen LogP) is 4.13. The van der Waals surface area contributed by atoms with Crippen molar-refractivity contribution >= 4 is 22.6 Å². The molecule has 0 saturated heterocycles. The van der Waals surface area contributed by atoms with E-state index in [1.165, 1.54) is 6.20 Å². The Hall–Kier alpha value is -4.51. The molecular weight excluding hydrogens is 438 g/mol. The van der Waals surface area contributed by atoms with Crippen LogP contribution < -0.4 is 5.32 Å². The second-order valence-corrected chi connectivity index (χ2v) is 8.62. The minimum atomic E-state index is -0.288. The Labute approximate surface area is 202 Å². The second kappa shape index (κ2) is 9.39. The summed E-state index contributed by atoms with van der Waals surface area (Å²) >= 11 is 0. The van der Waals surface area contributed by atoms with E-state index in [0.29, 0.717) is 30.5 Å². The minimum absolute atomic E-state index is 0.0662. The maximum absolute atomic E-state index is 13.1. The molecule has 0 aliphatic rings. The topological polar surface area (TPSA) is 112 Å². The number of H-pyrrole nitrogens is 1. The summed E-state index contributed by atoms with van der Waals surface area (Å²) in [5.74, 6) is 0.669. The van der Waals surface area contributed by atoms with Crippen molar-refractivity contribution < 1.29 is 4.79 Å². The molecule has 0 saturated carbocycles. The van der Waals surface area contributed by atoms with E-state index in [0.717, 1.165) is 39.4 Å². The lowest BCUT2D eigenvalue weighted by Crippen LogP contribution is -2.31. The number of rotatable bonds is 7. The van der Waals surface area contributed by atoms with Crippen LogP contribution in [0, 0.1) is 25.2 Å². The summed E-state index contributed by atoms with van der Waals surface area (Å²) in [6, 6.07) is 19.8. The third-order valence-electron chi connectivity index (χ3n) is 6.29. The summed E-state index contributed by atoms with van der Waals surface area (Å²) in [7, 11) is 0. The largest absolute Gasteiger partial charge is 0.346 e. The summed E-state index contributed by atoms with van der Waals surface area (Å²) in [6.07, 6.45) is 2.97. The van der Waals surface area contributed by atoms with Crippen LogP contribution in [0.4, 0.5) is 0 Å². The zero-order valence-electron chi connectivity index (χ0n) is 19.6. The molecule has 35 heavy (non-hydrogen) atoms. The van der Waals surface area contributed by atoms with Crippen molar-refractivity contribution in [1.82, 2.24) is 29.9 Å². The van der Waals surface area contributed by atoms with Crippen molar-refractivity contribution in [1.29, 1.82) is 5.26 Å². The van der Waals surface area contributed by atoms with E-state index in [1.807, 2.05) is 56.3 Å². The van der Waals surface area contributed by atoms with Crippen molar-refractivity contribution in [3.8, 4) is 6.07 Å². The lowest BCUT2D eigenvalue weighted by atomic mass is 10.0. The van der Waals surface area contributed by atoms with Gasteiger partial charge in [-0.15, -0.1) is 0 Å². The maximum atomic E-state index is 13.1. The van der Waals surface area contributed by atoms with Crippen LogP contribution in [0.25, 0.3) is 16.7 Å². The van der Waals surface area contributed by atoms with Crippen molar-refractivity contribution in [2.45, 2.75) is 39.2 Å². The SMILES string of the molecule is Cc1nc2c(C#N)cnn2c(C)c1CCC(=O)N[C@@H](Cc1ccccc1)c1nc2ccccc2[nH]1. The Bertz CT molecular complexity index is 1530. The quantitative estimate of drug-likeness (QED) is 0.377. The van der Waals surface area contributed by atoms with Gasteiger partial charge in [0.25, 0.3) is 0 Å². The summed E-state index contributed by atoms with van der Waals surface area (Å²) in [5, 5.41) is 16.8. The molecule has 8 heteroatoms. The van der Waals surface area contributed by atoms with Gasteiger partial charge in [-0.3, -0.25) is 4.79 Å². The Morgan fingerprint density at radius 1 is 1.11 bits per heavy atom. The van der Waals surface area contributed by atoms with Gasteiger partial charge in [0.1, 0.15) is 17.5 Å². The zero-order valence-corrected chi connectivity index (χ0v) is 19.6. The van der Waals surface area contributed by atoms with Crippen molar-refractivity contribution in [2.24, 2.45) is 0 Å². The van der Waals surface area contributed by atoms with Gasteiger partial charge >= 0.3 is 0 Å². The molecule has 0 fully saturated rings. The first-order chi connectivity index (χ1) is 17.0. The second-order valence-electron chi connectivity index (χ2n) is 8.62. The number of nitriles is 1. The Kier molecular flexibility index (Phi) is 5.98. The number of aromatic nitrogens is 5. The Morgan fingerprint density at radius 2 is 1.89 bits per heavy atom. The highest BCUT2D eigenvalue weighted by atomic mass is 16.1. The van der Waals surface area contributed by atoms with Crippen LogP contribution in [-0.2, 0) is 17.6 Å². The van der Waals surface area contributed by atoms with Crippen LogP contribution in [0.5, 0.6) is 0 Å². The average Bonchev–Trinajstić information content (AvgIpc) is 3.48. The fraction of sp³-hybridized carbons (Fsp3) is 0.222. The number of imidazole rings is 1. The first-order valence-electron chi connectivity index (χ1n) is 11.6. The number of aryl methyl sites for hydroxylation is 2. The standard InChI is InChI=1S/C27H25N7O/c1-17-21(18(2)34-27(30-17)20(15-28)16-29-34)12-13-25(35)31-24(14-19-8-4-3-5-9-19)26-32-22-10-6-7-11-23(22)33-26/h3-11,16,24H,12-14H2,1-2H3,(H,31,35)(H,32,33)/t24-/m0/s1. The van der Waals surface area contributed by atoms with Crippen LogP contribution in [0.2, 0.25) is 0 Å². The van der Waals surface area contributed by atoms with Gasteiger partial charge in [0.15, 0.2) is 5.65 Å². The molecule has 0 radical (unpaired) electrons. The number of fused-ring (bicyclic) bond motifs is 2. The van der Waals surface area contributed by atoms with Gasteiger partial charge in [-0.25, -0.2) is 14.5 Å². The molecule has 0 aliphatic heterocycles. The molecule has 0 bridgehead atoms. The molecule has 174 valence electrons. The van der Waals surface area contributed by atoms with Gasteiger partial charge in [0.2, 0.25) is 5.91 Å². The summed E-state index contributed by atoms with van der Waals surface area (Å²) in [5.41, 5.74) is 6.57. The number of nitrogens with zero attached hydrogens (tertiary/aromatic N) is 5. The van der Waals surface area contributed by atoms with Gasteiger partial charge in [-0.1, -0.05) is 42.5 Å². The number of benzene rings is 2. The van der Waals surface area contributed by atoms with Gasteiger partial charge in [0, 0.05) is 17.8 Å². The van der Waals surface area contributed by atoms with Crippen LogP contribution >= 0.6 is 0 Å². The van der Waals surface area contributed by atoms with E-state index < -0.39 is 0 Å². The van der Waals surface area contributed by atoms with Gasteiger partial charge < -0.3 is 10.3 Å². The van der Waals surface area contributed by atoms with Crippen LogP contribution in [0.15, 0.2) is 60.8 Å². The third-order valence-corrected chi connectivity index (χ3v) is 6.29. The first-order valence-corrected chi connectivity index (χ1v) is 11.6. The van der Waals surface area contributed by atoms with Gasteiger partial charge in [0.05, 0.1) is 23.3 Å². The molecule has 5 rings (SSSR count). The highest BCUT2D eigenvalue weighted by molar-refractivity contribution is 5.78. The van der Waals surface area contributed by atoms with Crippen molar-refractivity contribution in [3.63, 3.8) is 0 Å². The molecule has 5 aromatic rings. The number of carbonyl (C=O) groups is 1. The summed E-state index contributed by atoms with van der Waals surface area (Å²) in [6.45, 7) is 3.84. The highest BCUT2D eigenvalue weighted by Crippen LogP contribution is 2.21.